The van der Waals surface area contributed by atoms with Crippen LogP contribution in [0.25, 0.3) is 0 Å². The third-order valence-electron chi connectivity index (χ3n) is 1.10. The Morgan fingerprint density at radius 1 is 1.40 bits per heavy atom. The Kier molecular flexibility index (Phi) is 6.84. The van der Waals surface area contributed by atoms with Crippen molar-refractivity contribution in [2.45, 2.75) is 0 Å². The molecule has 0 fully saturated rings. The van der Waals surface area contributed by atoms with Crippen molar-refractivity contribution >= 4 is 0 Å². The van der Waals surface area contributed by atoms with Crippen molar-refractivity contribution in [3.63, 3.8) is 0 Å². The summed E-state index contributed by atoms with van der Waals surface area (Å²) in [6.45, 7) is 1.79. The lowest BCUT2D eigenvalue weighted by molar-refractivity contribution is -0.120. The zero-order valence-corrected chi connectivity index (χ0v) is 6.54. The van der Waals surface area contributed by atoms with E-state index in [1.54, 1.807) is 12.2 Å². The van der Waals surface area contributed by atoms with E-state index >= 15 is 0 Å². The molecule has 10 heavy (non-hydrogen) atoms. The zero-order valence-electron chi connectivity index (χ0n) is 6.54. The lowest BCUT2D eigenvalue weighted by Crippen LogP contribution is -2.22. The van der Waals surface area contributed by atoms with Gasteiger partial charge in [0.2, 0.25) is 0 Å². The number of rotatable bonds is 6. The number of hydrogen-bond donors (Lipinski definition) is 1. The summed E-state index contributed by atoms with van der Waals surface area (Å²) >= 11 is 0. The molecule has 0 aliphatic heterocycles. The summed E-state index contributed by atoms with van der Waals surface area (Å²) in [7, 11) is 3.42. The molecule has 0 aliphatic carbocycles. The average molecular weight is 149 g/mol. The maximum atomic E-state index is 8.32. The van der Waals surface area contributed by atoms with E-state index in [1.165, 1.54) is 0 Å². The molecule has 4 heteroatoms. The number of aliphatic hydroxyl groups excluding tert-OH is 1. The maximum Gasteiger partial charge on any atom is 0.0698 e. The fourth-order valence-corrected chi connectivity index (χ4v) is 0.451. The van der Waals surface area contributed by atoms with Gasteiger partial charge in [0.05, 0.1) is 26.9 Å². The summed E-state index contributed by atoms with van der Waals surface area (Å²) < 4.78 is 4.98. The Bertz CT molecular complexity index is 70.0. The van der Waals surface area contributed by atoms with Crippen LogP contribution in [-0.2, 0) is 9.57 Å². The molecule has 0 aromatic carbocycles. The molecule has 62 valence electrons. The summed E-state index contributed by atoms with van der Waals surface area (Å²) in [5.41, 5.74) is 0. The van der Waals surface area contributed by atoms with E-state index < -0.39 is 0 Å². The van der Waals surface area contributed by atoms with Crippen molar-refractivity contribution in [2.75, 3.05) is 40.5 Å². The van der Waals surface area contributed by atoms with E-state index in [1.807, 2.05) is 7.05 Å². The van der Waals surface area contributed by atoms with Gasteiger partial charge in [-0.1, -0.05) is 0 Å². The molecular weight excluding hydrogens is 134 g/mol. The van der Waals surface area contributed by atoms with Gasteiger partial charge in [0.1, 0.15) is 0 Å². The van der Waals surface area contributed by atoms with Crippen LogP contribution in [0.2, 0.25) is 0 Å². The molecule has 0 radical (unpaired) electrons. The van der Waals surface area contributed by atoms with Crippen LogP contribution in [0.3, 0.4) is 0 Å². The molecule has 0 spiro atoms. The van der Waals surface area contributed by atoms with Crippen molar-refractivity contribution in [2.24, 2.45) is 0 Å². The zero-order chi connectivity index (χ0) is 7.82. The number of likely N-dealkylation sites (N-methyl/N-ethyl adjacent to an activating group) is 1. The molecule has 1 N–H and O–H groups in total. The van der Waals surface area contributed by atoms with Gasteiger partial charge in [0.15, 0.2) is 0 Å². The number of hydroxylamine groups is 2. The van der Waals surface area contributed by atoms with Gasteiger partial charge in [-0.2, -0.15) is 5.06 Å². The predicted octanol–water partition coefficient (Wildman–Crippen LogP) is -0.512. The van der Waals surface area contributed by atoms with Crippen molar-refractivity contribution in [1.29, 1.82) is 0 Å². The van der Waals surface area contributed by atoms with Crippen LogP contribution >= 0.6 is 0 Å². The highest BCUT2D eigenvalue weighted by molar-refractivity contribution is 4.34. The first kappa shape index (κ1) is 9.84. The highest BCUT2D eigenvalue weighted by atomic mass is 16.7. The van der Waals surface area contributed by atoms with Crippen LogP contribution in [-0.4, -0.2) is 50.7 Å². The Labute approximate surface area is 61.3 Å². The Balaban J connectivity index is 2.89. The summed E-state index contributed by atoms with van der Waals surface area (Å²) in [5, 5.41) is 9.98. The van der Waals surface area contributed by atoms with E-state index in [-0.39, 0.29) is 6.61 Å². The standard InChI is InChI=1S/C6H15NO3/c1-7(9-2)3-5-10-6-4-8/h8H,3-6H2,1-2H3. The Morgan fingerprint density at radius 2 is 2.10 bits per heavy atom. The van der Waals surface area contributed by atoms with Gasteiger partial charge < -0.3 is 14.7 Å². The molecule has 0 bridgehead atoms. The molecule has 0 heterocycles. The van der Waals surface area contributed by atoms with Crippen LogP contribution in [0.15, 0.2) is 0 Å². The average Bonchev–Trinajstić information content (AvgIpc) is 1.98. The van der Waals surface area contributed by atoms with Gasteiger partial charge in [-0.3, -0.25) is 0 Å². The van der Waals surface area contributed by atoms with Crippen molar-refractivity contribution in [1.82, 2.24) is 5.06 Å². The summed E-state index contributed by atoms with van der Waals surface area (Å²) in [5.74, 6) is 0. The minimum Gasteiger partial charge on any atom is -0.394 e. The van der Waals surface area contributed by atoms with E-state index in [9.17, 15) is 0 Å². The first-order chi connectivity index (χ1) is 4.81. The molecule has 0 saturated carbocycles. The normalized spacial score (nSPS) is 10.8. The maximum absolute atomic E-state index is 8.32. The number of hydrogen-bond acceptors (Lipinski definition) is 4. The Hall–Kier alpha value is -0.160. The van der Waals surface area contributed by atoms with Gasteiger partial charge in [-0.05, 0) is 0 Å². The van der Waals surface area contributed by atoms with Gasteiger partial charge in [0.25, 0.3) is 0 Å². The molecule has 4 nitrogen and oxygen atoms in total. The highest BCUT2D eigenvalue weighted by Gasteiger charge is 1.93. The molecule has 0 aromatic heterocycles. The van der Waals surface area contributed by atoms with Crippen molar-refractivity contribution in [3.8, 4) is 0 Å². The van der Waals surface area contributed by atoms with E-state index in [0.29, 0.717) is 13.2 Å². The second-order valence-corrected chi connectivity index (χ2v) is 1.87. The molecule has 0 atom stereocenters. The summed E-state index contributed by atoms with van der Waals surface area (Å²) in [6.07, 6.45) is 0. The second-order valence-electron chi connectivity index (χ2n) is 1.87. The minimum absolute atomic E-state index is 0.0801. The monoisotopic (exact) mass is 149 g/mol. The third kappa shape index (κ3) is 5.97. The van der Waals surface area contributed by atoms with Crippen LogP contribution in [0.1, 0.15) is 0 Å². The number of aliphatic hydroxyl groups is 1. The van der Waals surface area contributed by atoms with Crippen molar-refractivity contribution in [3.05, 3.63) is 0 Å². The van der Waals surface area contributed by atoms with Crippen LogP contribution < -0.4 is 0 Å². The molecule has 0 aliphatic rings. The molecule has 0 unspecified atom stereocenters. The molecular formula is C6H15NO3. The van der Waals surface area contributed by atoms with Gasteiger partial charge in [-0.15, -0.1) is 0 Å². The van der Waals surface area contributed by atoms with Crippen LogP contribution in [0.5, 0.6) is 0 Å². The first-order valence-corrected chi connectivity index (χ1v) is 3.25. The van der Waals surface area contributed by atoms with Crippen LogP contribution in [0.4, 0.5) is 0 Å². The van der Waals surface area contributed by atoms with Crippen molar-refractivity contribution < 1.29 is 14.7 Å². The lowest BCUT2D eigenvalue weighted by Gasteiger charge is -2.12. The Morgan fingerprint density at radius 3 is 2.60 bits per heavy atom. The first-order valence-electron chi connectivity index (χ1n) is 3.25. The molecule has 0 rings (SSSR count). The fourth-order valence-electron chi connectivity index (χ4n) is 0.451. The summed E-state index contributed by atoms with van der Waals surface area (Å²) in [4.78, 5) is 4.82. The molecule has 0 saturated heterocycles. The lowest BCUT2D eigenvalue weighted by atomic mass is 10.7. The van der Waals surface area contributed by atoms with Gasteiger partial charge in [-0.25, -0.2) is 0 Å². The predicted molar refractivity (Wildman–Crippen MR) is 37.5 cm³/mol. The number of nitrogens with zero attached hydrogens (tertiary/aromatic N) is 1. The molecule has 0 aromatic rings. The highest BCUT2D eigenvalue weighted by Crippen LogP contribution is 1.81. The van der Waals surface area contributed by atoms with Crippen LogP contribution in [0, 0.1) is 0 Å². The van der Waals surface area contributed by atoms with E-state index in [0.717, 1.165) is 6.54 Å². The van der Waals surface area contributed by atoms with Gasteiger partial charge >= 0.3 is 0 Å². The van der Waals surface area contributed by atoms with E-state index in [4.69, 9.17) is 14.7 Å². The van der Waals surface area contributed by atoms with Gasteiger partial charge in [0, 0.05) is 13.6 Å². The minimum atomic E-state index is 0.0801. The third-order valence-corrected chi connectivity index (χ3v) is 1.10. The fraction of sp³-hybridized carbons (Fsp3) is 1.00. The second kappa shape index (κ2) is 6.95. The number of ether oxygens (including phenoxy) is 1. The van der Waals surface area contributed by atoms with E-state index in [2.05, 4.69) is 0 Å². The molecule has 0 amide bonds. The largest absolute Gasteiger partial charge is 0.394 e. The topological polar surface area (TPSA) is 41.9 Å². The summed E-state index contributed by atoms with van der Waals surface area (Å²) in [6, 6.07) is 0. The quantitative estimate of drug-likeness (QED) is 0.408. The smallest absolute Gasteiger partial charge is 0.0698 e. The SMILES string of the molecule is CON(C)CCOCCO.